The average molecular weight is 394 g/mol. The number of rotatable bonds is 2. The second kappa shape index (κ2) is 7.92. The van der Waals surface area contributed by atoms with E-state index in [2.05, 4.69) is 9.24 Å². The Balaban J connectivity index is 0.00000220. The Morgan fingerprint density at radius 2 is 1.24 bits per heavy atom. The van der Waals surface area contributed by atoms with Gasteiger partial charge in [-0.3, -0.25) is 4.79 Å². The summed E-state index contributed by atoms with van der Waals surface area (Å²) in [5.41, 5.74) is 0.485. The summed E-state index contributed by atoms with van der Waals surface area (Å²) in [5, 5.41) is 0.735. The van der Waals surface area contributed by atoms with Crippen molar-refractivity contribution in [3.05, 3.63) is 60.5 Å². The first-order valence-electron chi connectivity index (χ1n) is 5.27. The molecule has 8 heteroatoms. The van der Waals surface area contributed by atoms with Crippen LogP contribution in [-0.4, -0.2) is 24.6 Å². The van der Waals surface area contributed by atoms with E-state index in [4.69, 9.17) is 58.0 Å². The summed E-state index contributed by atoms with van der Waals surface area (Å²) in [7, 11) is 2.47. The van der Waals surface area contributed by atoms with Gasteiger partial charge in [0.25, 0.3) is 0 Å². The Morgan fingerprint density at radius 3 is 1.71 bits per heavy atom. The van der Waals surface area contributed by atoms with Crippen molar-refractivity contribution in [3.63, 3.8) is 0 Å². The summed E-state index contributed by atoms with van der Waals surface area (Å²) in [5.74, 6) is -0.369. The molecule has 0 fully saturated rings. The average Bonchev–Trinajstić information content (AvgIpc) is 2.43. The van der Waals surface area contributed by atoms with Crippen molar-refractivity contribution in [2.75, 3.05) is 0 Å². The molecule has 1 atom stereocenters. The molecule has 0 spiro atoms. The van der Waals surface area contributed by atoms with Crippen LogP contribution < -0.4 is 5.30 Å². The molecule has 0 heterocycles. The van der Waals surface area contributed by atoms with E-state index in [1.165, 1.54) is 0 Å². The van der Waals surface area contributed by atoms with Crippen LogP contribution in [0.5, 0.6) is 0 Å². The molecule has 0 N–H and O–H groups in total. The molecule has 0 aliphatic heterocycles. The fourth-order valence-corrected chi connectivity index (χ4v) is 3.29. The van der Waals surface area contributed by atoms with Gasteiger partial charge in [-0.05, 0) is 5.30 Å². The second-order valence-electron chi connectivity index (χ2n) is 3.86. The van der Waals surface area contributed by atoms with Crippen molar-refractivity contribution in [2.24, 2.45) is 0 Å². The van der Waals surface area contributed by atoms with Crippen molar-refractivity contribution in [3.8, 4) is 0 Å². The minimum atomic E-state index is -0.369. The van der Waals surface area contributed by atoms with E-state index in [9.17, 15) is 4.79 Å². The fourth-order valence-electron chi connectivity index (χ4n) is 1.64. The molecule has 0 radical (unpaired) electrons. The van der Waals surface area contributed by atoms with Crippen LogP contribution in [-0.2, 0) is 0 Å². The van der Waals surface area contributed by atoms with Gasteiger partial charge in [-0.25, -0.2) is 0 Å². The fraction of sp³-hybridized carbons (Fsp3) is 0. The Bertz CT molecular complexity index is 691. The zero-order valence-electron chi connectivity index (χ0n) is 9.68. The summed E-state index contributed by atoms with van der Waals surface area (Å²) in [6.07, 6.45) is 0. The molecular weight excluding hydrogens is 387 g/mol. The summed E-state index contributed by atoms with van der Waals surface area (Å²) < 4.78 is 0. The van der Waals surface area contributed by atoms with Gasteiger partial charge in [0.2, 0.25) is 0 Å². The van der Waals surface area contributed by atoms with Crippen molar-refractivity contribution >= 4 is 97.2 Å². The third-order valence-corrected chi connectivity index (χ3v) is 5.42. The van der Waals surface area contributed by atoms with Gasteiger partial charge in [0.15, 0.2) is 5.78 Å². The van der Waals surface area contributed by atoms with E-state index >= 15 is 0 Å². The topological polar surface area (TPSA) is 17.1 Å². The first-order chi connectivity index (χ1) is 9.36. The number of hydrogen-bond donors (Lipinski definition) is 0. The summed E-state index contributed by atoms with van der Waals surface area (Å²) in [6, 6.07) is 6.98. The summed E-state index contributed by atoms with van der Waals surface area (Å²) in [6.45, 7) is 0. The second-order valence-corrected chi connectivity index (χ2v) is 6.37. The molecule has 0 aliphatic rings. The van der Waals surface area contributed by atoms with E-state index in [0.29, 0.717) is 10.9 Å². The van der Waals surface area contributed by atoms with Crippen LogP contribution in [0.15, 0.2) is 24.3 Å². The quantitative estimate of drug-likeness (QED) is 0.229. The zero-order valence-corrected chi connectivity index (χ0v) is 14.6. The molecule has 0 bridgehead atoms. The van der Waals surface area contributed by atoms with Crippen LogP contribution in [0.25, 0.3) is 0 Å². The first-order valence-corrected chi connectivity index (χ1v) is 7.73. The van der Waals surface area contributed by atoms with Crippen molar-refractivity contribution < 1.29 is 4.79 Å². The summed E-state index contributed by atoms with van der Waals surface area (Å²) >= 11 is 30.0. The first kappa shape index (κ1) is 19.6. The number of hydrogen-bond acceptors (Lipinski definition) is 1. The van der Waals surface area contributed by atoms with E-state index in [0.717, 1.165) is 0 Å². The van der Waals surface area contributed by atoms with Crippen LogP contribution >= 0.6 is 67.2 Å². The number of carbonyl (C=O) groups excluding carboxylic acids is 1. The minimum absolute atomic E-state index is 0. The van der Waals surface area contributed by atoms with Crippen LogP contribution in [0.4, 0.5) is 0 Å². The van der Waals surface area contributed by atoms with Gasteiger partial charge in [0, 0.05) is 5.56 Å². The Hall–Kier alpha value is 0.587. The van der Waals surface area contributed by atoms with Crippen LogP contribution in [0, 0.1) is 0 Å². The molecule has 106 valence electrons. The molecule has 0 saturated carbocycles. The van der Waals surface area contributed by atoms with Gasteiger partial charge in [0.05, 0.1) is 30.7 Å². The molecular formula is C13H7Cl5LiOP. The van der Waals surface area contributed by atoms with E-state index in [1.807, 2.05) is 6.07 Å². The van der Waals surface area contributed by atoms with Gasteiger partial charge in [0.1, 0.15) is 0 Å². The van der Waals surface area contributed by atoms with E-state index in [-0.39, 0.29) is 55.3 Å². The number of ketones is 1. The Kier molecular flexibility index (Phi) is 7.40. The molecule has 2 aromatic carbocycles. The Morgan fingerprint density at radius 1 is 0.810 bits per heavy atom. The van der Waals surface area contributed by atoms with E-state index in [1.54, 1.807) is 18.2 Å². The van der Waals surface area contributed by atoms with Gasteiger partial charge < -0.3 is 0 Å². The van der Waals surface area contributed by atoms with Gasteiger partial charge >= 0.3 is 18.9 Å². The molecule has 0 amide bonds. The zero-order chi connectivity index (χ0) is 15.0. The Labute approximate surface area is 161 Å². The molecule has 2 rings (SSSR count). The third-order valence-electron chi connectivity index (χ3n) is 2.64. The molecule has 21 heavy (non-hydrogen) atoms. The van der Waals surface area contributed by atoms with Crippen LogP contribution in [0.2, 0.25) is 25.1 Å². The van der Waals surface area contributed by atoms with Gasteiger partial charge in [-0.15, -0.1) is 9.24 Å². The number of benzene rings is 2. The third kappa shape index (κ3) is 3.74. The molecule has 1 unspecified atom stereocenters. The van der Waals surface area contributed by atoms with E-state index < -0.39 is 0 Å². The van der Waals surface area contributed by atoms with Gasteiger partial charge in [-0.2, -0.15) is 0 Å². The predicted molar refractivity (Wildman–Crippen MR) is 97.9 cm³/mol. The van der Waals surface area contributed by atoms with Crippen molar-refractivity contribution in [1.82, 2.24) is 0 Å². The van der Waals surface area contributed by atoms with Crippen LogP contribution in [0.1, 0.15) is 15.9 Å². The summed E-state index contributed by atoms with van der Waals surface area (Å²) in [4.78, 5) is 12.6. The molecule has 2 aromatic rings. The SMILES string of the molecule is O=C(c1ccccc1P)c1c(Cl)c(Cl)c(Cl)c(Cl)c1Cl.[LiH]. The standard InChI is InChI=1S/C13H6Cl5OP.Li.H/c14-8-7(9(15)11(17)12(18)10(8)16)13(19)5-3-1-2-4-6(5)20;;/h1-4H,20H2;;. The van der Waals surface area contributed by atoms with Crippen LogP contribution in [0.3, 0.4) is 0 Å². The molecule has 0 saturated heterocycles. The van der Waals surface area contributed by atoms with Crippen molar-refractivity contribution in [1.29, 1.82) is 0 Å². The number of carbonyl (C=O) groups is 1. The number of halogens is 5. The monoisotopic (exact) mass is 392 g/mol. The molecule has 0 aromatic heterocycles. The predicted octanol–water partition coefficient (Wildman–Crippen LogP) is 5.04. The molecule has 0 aliphatic carbocycles. The normalized spacial score (nSPS) is 10.2. The van der Waals surface area contributed by atoms with Gasteiger partial charge in [-0.1, -0.05) is 82.3 Å². The van der Waals surface area contributed by atoms with Crippen molar-refractivity contribution in [2.45, 2.75) is 0 Å². The maximum atomic E-state index is 12.6. The maximum absolute atomic E-state index is 12.6. The molecule has 1 nitrogen and oxygen atoms in total.